The first-order valence-electron chi connectivity index (χ1n) is 9.66. The Morgan fingerprint density at radius 1 is 1.32 bits per heavy atom. The summed E-state index contributed by atoms with van der Waals surface area (Å²) in [7, 11) is -3.99. The second-order valence-electron chi connectivity index (χ2n) is 7.51. The Kier molecular flexibility index (Phi) is 5.99. The van der Waals surface area contributed by atoms with Crippen molar-refractivity contribution < 1.29 is 32.4 Å². The van der Waals surface area contributed by atoms with E-state index in [9.17, 15) is 19.3 Å². The van der Waals surface area contributed by atoms with Gasteiger partial charge < -0.3 is 9.84 Å². The third kappa shape index (κ3) is 4.43. The van der Waals surface area contributed by atoms with Crippen molar-refractivity contribution in [3.8, 4) is 0 Å². The van der Waals surface area contributed by atoms with E-state index in [1.54, 1.807) is 0 Å². The number of aliphatic hydroxyl groups is 1. The summed E-state index contributed by atoms with van der Waals surface area (Å²) in [5.41, 5.74) is -3.14. The molecule has 6 atom stereocenters. The maximum absolute atomic E-state index is 15.2. The minimum atomic E-state index is -3.99. The van der Waals surface area contributed by atoms with Crippen LogP contribution in [-0.4, -0.2) is 45.7 Å². The molecule has 2 N–H and O–H groups in total. The van der Waals surface area contributed by atoms with Crippen LogP contribution in [0.1, 0.15) is 31.2 Å². The highest BCUT2D eigenvalue weighted by molar-refractivity contribution is 7.48. The van der Waals surface area contributed by atoms with E-state index in [-0.39, 0.29) is 6.61 Å². The Morgan fingerprint density at radius 3 is 2.77 bits per heavy atom. The van der Waals surface area contributed by atoms with Crippen LogP contribution < -0.4 is 11.2 Å². The van der Waals surface area contributed by atoms with Gasteiger partial charge in [0.25, 0.3) is 5.56 Å². The van der Waals surface area contributed by atoms with E-state index in [1.807, 2.05) is 35.3 Å². The molecule has 1 aromatic heterocycles. The summed E-state index contributed by atoms with van der Waals surface area (Å²) in [5, 5.41) is 10.4. The van der Waals surface area contributed by atoms with Crippen molar-refractivity contribution in [3.63, 3.8) is 0 Å². The molecule has 1 aromatic carbocycles. The zero-order valence-corrected chi connectivity index (χ0v) is 17.4. The molecule has 0 saturated carbocycles. The average Bonchev–Trinajstić information content (AvgIpc) is 2.96. The molecule has 0 aliphatic carbocycles. The zero-order chi connectivity index (χ0) is 22.2. The van der Waals surface area contributed by atoms with Crippen molar-refractivity contribution >= 4 is 7.82 Å². The Labute approximate surface area is 176 Å². The molecule has 0 amide bonds. The van der Waals surface area contributed by atoms with Crippen LogP contribution in [0.3, 0.4) is 0 Å². The first kappa shape index (κ1) is 22.1. The highest BCUT2D eigenvalue weighted by Crippen LogP contribution is 2.57. The number of aromatic amines is 1. The Balaban J connectivity index is 1.46. The number of aliphatic hydroxyl groups excluding tert-OH is 1. The monoisotopic (exact) mass is 456 g/mol. The van der Waals surface area contributed by atoms with Gasteiger partial charge in [-0.1, -0.05) is 30.3 Å². The number of ether oxygens (including phenoxy) is 1. The van der Waals surface area contributed by atoms with Crippen LogP contribution in [0.15, 0.2) is 52.2 Å². The van der Waals surface area contributed by atoms with Crippen LogP contribution in [0.5, 0.6) is 0 Å². The van der Waals surface area contributed by atoms with Gasteiger partial charge in [-0.2, -0.15) is 0 Å². The maximum Gasteiger partial charge on any atom is 0.475 e. The normalized spacial score (nSPS) is 35.8. The van der Waals surface area contributed by atoms with Gasteiger partial charge >= 0.3 is 13.5 Å². The molecule has 2 unspecified atom stereocenters. The number of H-pyrrole nitrogens is 1. The second-order valence-corrected chi connectivity index (χ2v) is 9.13. The lowest BCUT2D eigenvalue weighted by atomic mass is 9.98. The van der Waals surface area contributed by atoms with E-state index in [0.717, 1.165) is 29.3 Å². The molecule has 168 valence electrons. The predicted octanol–water partition coefficient (Wildman–Crippen LogP) is 1.83. The van der Waals surface area contributed by atoms with Gasteiger partial charge in [0.2, 0.25) is 0 Å². The fourth-order valence-electron chi connectivity index (χ4n) is 3.60. The lowest BCUT2D eigenvalue weighted by molar-refractivity contribution is -0.0654. The van der Waals surface area contributed by atoms with Crippen molar-refractivity contribution in [1.82, 2.24) is 9.55 Å². The number of nitrogens with zero attached hydrogens (tertiary/aromatic N) is 1. The number of rotatable bonds is 5. The number of alkyl halides is 1. The van der Waals surface area contributed by atoms with Gasteiger partial charge in [-0.15, -0.1) is 0 Å². The number of aromatic nitrogens is 2. The molecule has 2 fully saturated rings. The van der Waals surface area contributed by atoms with Crippen LogP contribution in [0.4, 0.5) is 4.39 Å². The highest BCUT2D eigenvalue weighted by atomic mass is 31.2. The number of hydrogen-bond acceptors (Lipinski definition) is 8. The van der Waals surface area contributed by atoms with Gasteiger partial charge in [-0.3, -0.25) is 27.9 Å². The molecule has 2 aromatic rings. The summed E-state index contributed by atoms with van der Waals surface area (Å²) in [6, 6.07) is 10.2. The van der Waals surface area contributed by atoms with Crippen molar-refractivity contribution in [2.75, 3.05) is 13.2 Å². The summed E-state index contributed by atoms with van der Waals surface area (Å²) in [6.07, 6.45) is -3.48. The first-order valence-corrected chi connectivity index (χ1v) is 11.1. The van der Waals surface area contributed by atoms with Gasteiger partial charge in [-0.05, 0) is 12.5 Å². The third-order valence-corrected chi connectivity index (χ3v) is 6.75. The van der Waals surface area contributed by atoms with Crippen LogP contribution in [0, 0.1) is 0 Å². The lowest BCUT2D eigenvalue weighted by Gasteiger charge is -2.29. The molecule has 0 bridgehead atoms. The molecule has 0 radical (unpaired) electrons. The third-order valence-electron chi connectivity index (χ3n) is 5.27. The highest BCUT2D eigenvalue weighted by Gasteiger charge is 2.56. The molecule has 4 rings (SSSR count). The molecule has 3 heterocycles. The second kappa shape index (κ2) is 8.42. The summed E-state index contributed by atoms with van der Waals surface area (Å²) >= 11 is 0. The van der Waals surface area contributed by atoms with E-state index < -0.39 is 55.9 Å². The smallest absolute Gasteiger partial charge is 0.387 e. The van der Waals surface area contributed by atoms with E-state index in [2.05, 4.69) is 0 Å². The van der Waals surface area contributed by atoms with Crippen molar-refractivity contribution in [3.05, 3.63) is 69.0 Å². The van der Waals surface area contributed by atoms with Crippen molar-refractivity contribution in [2.45, 2.75) is 43.6 Å². The van der Waals surface area contributed by atoms with Crippen LogP contribution in [0.25, 0.3) is 0 Å². The van der Waals surface area contributed by atoms with E-state index in [4.69, 9.17) is 18.3 Å². The van der Waals surface area contributed by atoms with Crippen molar-refractivity contribution in [2.24, 2.45) is 0 Å². The minimum Gasteiger partial charge on any atom is -0.387 e. The topological polar surface area (TPSA) is 129 Å². The summed E-state index contributed by atoms with van der Waals surface area (Å²) in [6.45, 7) is 0.677. The molecular weight excluding hydrogens is 434 g/mol. The summed E-state index contributed by atoms with van der Waals surface area (Å²) < 4.78 is 50.5. The van der Waals surface area contributed by atoms with Gasteiger partial charge in [0, 0.05) is 18.7 Å². The Bertz CT molecular complexity index is 1090. The fraction of sp³-hybridized carbons (Fsp3) is 0.474. The molecular formula is C19H22FN2O8P. The van der Waals surface area contributed by atoms with Crippen LogP contribution >= 0.6 is 7.82 Å². The standard InChI is InChI=1S/C19H22FN2O8P/c1-19(20)16(24)14(29-17(19)22-9-7-15(23)21-18(22)25)11-28-31(26)27-10-8-13(30-31)12-5-3-2-4-6-12/h2-7,9,13-14,16-17,24H,8,10-11H2,1H3,(H,21,23,25)/t13?,14-,16-,17-,19-,31?/m1/s1. The maximum atomic E-state index is 15.2. The fourth-order valence-corrected chi connectivity index (χ4v) is 4.99. The van der Waals surface area contributed by atoms with Crippen LogP contribution in [0.2, 0.25) is 0 Å². The van der Waals surface area contributed by atoms with E-state index in [0.29, 0.717) is 6.42 Å². The largest absolute Gasteiger partial charge is 0.475 e. The average molecular weight is 456 g/mol. The summed E-state index contributed by atoms with van der Waals surface area (Å²) in [5.74, 6) is 0. The number of phosphoric ester groups is 1. The SMILES string of the molecule is C[C@@]1(F)[C@H](O)[C@@H](COP2(=O)OCCC(c3ccccc3)O2)O[C@H]1n1ccc(=O)[nH]c1=O. The molecule has 12 heteroatoms. The predicted molar refractivity (Wildman–Crippen MR) is 105 cm³/mol. The van der Waals surface area contributed by atoms with Gasteiger partial charge in [-0.25, -0.2) is 13.8 Å². The van der Waals surface area contributed by atoms with Crippen molar-refractivity contribution in [1.29, 1.82) is 0 Å². The number of halogens is 1. The number of nitrogens with one attached hydrogen (secondary N) is 1. The Morgan fingerprint density at radius 2 is 2.06 bits per heavy atom. The molecule has 2 aliphatic rings. The molecule has 0 spiro atoms. The molecule has 2 saturated heterocycles. The number of hydrogen-bond donors (Lipinski definition) is 2. The Hall–Kier alpha value is -2.14. The van der Waals surface area contributed by atoms with Gasteiger partial charge in [0.05, 0.1) is 19.3 Å². The van der Waals surface area contributed by atoms with Gasteiger partial charge in [0.15, 0.2) is 11.9 Å². The molecule has 31 heavy (non-hydrogen) atoms. The van der Waals surface area contributed by atoms with E-state index >= 15 is 4.39 Å². The minimum absolute atomic E-state index is 0.126. The molecule has 2 aliphatic heterocycles. The number of phosphoric acid groups is 1. The quantitative estimate of drug-likeness (QED) is 0.652. The van der Waals surface area contributed by atoms with Crippen LogP contribution in [-0.2, 0) is 22.9 Å². The van der Waals surface area contributed by atoms with E-state index in [1.165, 1.54) is 0 Å². The summed E-state index contributed by atoms with van der Waals surface area (Å²) in [4.78, 5) is 25.3. The molecule has 10 nitrogen and oxygen atoms in total. The first-order chi connectivity index (χ1) is 14.7. The van der Waals surface area contributed by atoms with Gasteiger partial charge in [0.1, 0.15) is 12.2 Å². The lowest BCUT2D eigenvalue weighted by Crippen LogP contribution is -2.43. The zero-order valence-electron chi connectivity index (χ0n) is 16.5. The number of benzene rings is 1.